The number of anilines is 1. The van der Waals surface area contributed by atoms with Crippen molar-refractivity contribution in [2.75, 3.05) is 31.1 Å². The number of benzene rings is 1. The number of morpholine rings is 1. The Kier molecular flexibility index (Phi) is 3.93. The third kappa shape index (κ3) is 2.86. The summed E-state index contributed by atoms with van der Waals surface area (Å²) in [6.45, 7) is 2.63. The molecule has 0 radical (unpaired) electrons. The lowest BCUT2D eigenvalue weighted by Gasteiger charge is -2.37. The standard InChI is InChI=1S/C18H16N6O/c19-7-13-2-1-3-14(6-13)15-8-22-18(9-21-15)24-4-5-25-17-11-23(12-20)10-16(17)24/h1-3,6,8-9,16-17H,4-5,10-11H2/t16-,17+/m0/s1. The lowest BCUT2D eigenvalue weighted by atomic mass is 10.1. The second kappa shape index (κ2) is 6.39. The Balaban J connectivity index is 1.58. The first-order valence-electron chi connectivity index (χ1n) is 8.14. The Morgan fingerprint density at radius 1 is 1.16 bits per heavy atom. The maximum Gasteiger partial charge on any atom is 0.179 e. The molecule has 0 saturated carbocycles. The van der Waals surface area contributed by atoms with Gasteiger partial charge in [-0.2, -0.15) is 10.5 Å². The minimum absolute atomic E-state index is 0.0298. The van der Waals surface area contributed by atoms with E-state index in [0.29, 0.717) is 25.3 Å². The summed E-state index contributed by atoms with van der Waals surface area (Å²) in [5.74, 6) is 0.790. The number of nitrogens with zero attached hydrogens (tertiary/aromatic N) is 6. The molecule has 2 atom stereocenters. The van der Waals surface area contributed by atoms with Gasteiger partial charge in [-0.1, -0.05) is 12.1 Å². The zero-order chi connectivity index (χ0) is 17.2. The summed E-state index contributed by atoms with van der Waals surface area (Å²) in [5, 5.41) is 18.1. The number of nitriles is 2. The number of ether oxygens (including phenoxy) is 1. The summed E-state index contributed by atoms with van der Waals surface area (Å²) in [5.41, 5.74) is 2.20. The number of aromatic nitrogens is 2. The van der Waals surface area contributed by atoms with Crippen LogP contribution in [0.1, 0.15) is 5.56 Å². The van der Waals surface area contributed by atoms with Crippen molar-refractivity contribution in [1.82, 2.24) is 14.9 Å². The zero-order valence-corrected chi connectivity index (χ0v) is 13.5. The van der Waals surface area contributed by atoms with E-state index in [1.54, 1.807) is 29.4 Å². The molecule has 0 unspecified atom stereocenters. The van der Waals surface area contributed by atoms with Crippen molar-refractivity contribution >= 4 is 5.82 Å². The van der Waals surface area contributed by atoms with E-state index in [1.807, 2.05) is 12.1 Å². The van der Waals surface area contributed by atoms with Gasteiger partial charge in [0.25, 0.3) is 0 Å². The molecule has 2 aliphatic rings. The predicted octanol–water partition coefficient (Wildman–Crippen LogP) is 1.39. The van der Waals surface area contributed by atoms with Crippen LogP contribution >= 0.6 is 0 Å². The van der Waals surface area contributed by atoms with Gasteiger partial charge in [0.05, 0.1) is 61.6 Å². The second-order valence-electron chi connectivity index (χ2n) is 6.13. The van der Waals surface area contributed by atoms with E-state index in [4.69, 9.17) is 15.3 Å². The molecule has 0 bridgehead atoms. The van der Waals surface area contributed by atoms with Gasteiger partial charge in [-0.05, 0) is 12.1 Å². The molecule has 0 aliphatic carbocycles. The highest BCUT2D eigenvalue weighted by atomic mass is 16.5. The van der Waals surface area contributed by atoms with Gasteiger partial charge in [0, 0.05) is 12.1 Å². The van der Waals surface area contributed by atoms with Crippen molar-refractivity contribution in [3.63, 3.8) is 0 Å². The monoisotopic (exact) mass is 332 g/mol. The fraction of sp³-hybridized carbons (Fsp3) is 0.333. The first kappa shape index (κ1) is 15.4. The fourth-order valence-corrected chi connectivity index (χ4v) is 3.42. The van der Waals surface area contributed by atoms with Crippen molar-refractivity contribution in [1.29, 1.82) is 10.5 Å². The summed E-state index contributed by atoms with van der Waals surface area (Å²) < 4.78 is 5.79. The molecule has 0 N–H and O–H groups in total. The predicted molar refractivity (Wildman–Crippen MR) is 90.2 cm³/mol. The topological polar surface area (TPSA) is 89.1 Å². The maximum absolute atomic E-state index is 9.13. The molecule has 7 heteroatoms. The highest BCUT2D eigenvalue weighted by molar-refractivity contribution is 5.61. The highest BCUT2D eigenvalue weighted by Gasteiger charge is 2.40. The van der Waals surface area contributed by atoms with E-state index in [0.717, 1.165) is 23.6 Å². The molecular formula is C18H16N6O. The van der Waals surface area contributed by atoms with E-state index in [2.05, 4.69) is 27.1 Å². The summed E-state index contributed by atoms with van der Waals surface area (Å²) >= 11 is 0. The molecule has 7 nitrogen and oxygen atoms in total. The minimum Gasteiger partial charge on any atom is -0.372 e. The molecular weight excluding hydrogens is 316 g/mol. The van der Waals surface area contributed by atoms with E-state index in [9.17, 15) is 0 Å². The summed E-state index contributed by atoms with van der Waals surface area (Å²) in [6, 6.07) is 9.57. The molecule has 25 heavy (non-hydrogen) atoms. The lowest BCUT2D eigenvalue weighted by molar-refractivity contribution is 0.0322. The third-order valence-electron chi connectivity index (χ3n) is 4.66. The van der Waals surface area contributed by atoms with Crippen LogP contribution in [0.15, 0.2) is 36.7 Å². The molecule has 2 aromatic rings. The second-order valence-corrected chi connectivity index (χ2v) is 6.13. The molecule has 0 spiro atoms. The van der Waals surface area contributed by atoms with E-state index in [1.165, 1.54) is 0 Å². The number of likely N-dealkylation sites (tertiary alicyclic amines) is 1. The summed E-state index contributed by atoms with van der Waals surface area (Å²) in [6.07, 6.45) is 5.71. The molecule has 2 fully saturated rings. The van der Waals surface area contributed by atoms with Gasteiger partial charge < -0.3 is 14.5 Å². The van der Waals surface area contributed by atoms with Crippen molar-refractivity contribution in [2.45, 2.75) is 12.1 Å². The molecule has 3 heterocycles. The normalized spacial score (nSPS) is 22.2. The number of hydrogen-bond donors (Lipinski definition) is 0. The van der Waals surface area contributed by atoms with Crippen LogP contribution in [0, 0.1) is 22.8 Å². The Bertz CT molecular complexity index is 853. The molecule has 1 aromatic heterocycles. The SMILES string of the molecule is N#Cc1cccc(-c2cnc(N3CCO[C@@H]4CN(C#N)C[C@@H]43)cn2)c1. The van der Waals surface area contributed by atoms with Gasteiger partial charge in [-0.3, -0.25) is 4.98 Å². The Labute approximate surface area is 145 Å². The van der Waals surface area contributed by atoms with Gasteiger partial charge in [0.2, 0.25) is 0 Å². The van der Waals surface area contributed by atoms with Crippen LogP contribution in [0.25, 0.3) is 11.3 Å². The molecule has 1 aromatic carbocycles. The van der Waals surface area contributed by atoms with Gasteiger partial charge in [0.1, 0.15) is 5.82 Å². The zero-order valence-electron chi connectivity index (χ0n) is 13.5. The largest absolute Gasteiger partial charge is 0.372 e. The van der Waals surface area contributed by atoms with Gasteiger partial charge in [0.15, 0.2) is 6.19 Å². The Morgan fingerprint density at radius 2 is 2.08 bits per heavy atom. The van der Waals surface area contributed by atoms with Crippen molar-refractivity contribution in [2.24, 2.45) is 0 Å². The first-order valence-corrected chi connectivity index (χ1v) is 8.14. The molecule has 2 aliphatic heterocycles. The van der Waals surface area contributed by atoms with Crippen LogP contribution in [-0.4, -0.2) is 53.3 Å². The average Bonchev–Trinajstić information content (AvgIpc) is 3.11. The van der Waals surface area contributed by atoms with Crippen LogP contribution in [-0.2, 0) is 4.74 Å². The lowest BCUT2D eigenvalue weighted by Crippen LogP contribution is -2.51. The fourth-order valence-electron chi connectivity index (χ4n) is 3.42. The molecule has 4 rings (SSSR count). The van der Waals surface area contributed by atoms with Crippen LogP contribution in [0.5, 0.6) is 0 Å². The van der Waals surface area contributed by atoms with Crippen LogP contribution in [0.4, 0.5) is 5.82 Å². The van der Waals surface area contributed by atoms with Crippen LogP contribution in [0.2, 0.25) is 0 Å². The maximum atomic E-state index is 9.13. The Morgan fingerprint density at radius 3 is 2.84 bits per heavy atom. The highest BCUT2D eigenvalue weighted by Crippen LogP contribution is 2.27. The van der Waals surface area contributed by atoms with Crippen LogP contribution < -0.4 is 4.90 Å². The first-order chi connectivity index (χ1) is 12.3. The van der Waals surface area contributed by atoms with E-state index in [-0.39, 0.29) is 12.1 Å². The molecule has 2 saturated heterocycles. The third-order valence-corrected chi connectivity index (χ3v) is 4.66. The summed E-state index contributed by atoms with van der Waals surface area (Å²) in [7, 11) is 0. The van der Waals surface area contributed by atoms with Gasteiger partial charge in [-0.15, -0.1) is 0 Å². The number of fused-ring (bicyclic) bond motifs is 1. The minimum atomic E-state index is 0.0298. The van der Waals surface area contributed by atoms with Gasteiger partial charge >= 0.3 is 0 Å². The number of rotatable bonds is 2. The van der Waals surface area contributed by atoms with Crippen LogP contribution in [0.3, 0.4) is 0 Å². The van der Waals surface area contributed by atoms with Gasteiger partial charge in [-0.25, -0.2) is 4.98 Å². The Hall–Kier alpha value is -3.16. The van der Waals surface area contributed by atoms with E-state index < -0.39 is 0 Å². The summed E-state index contributed by atoms with van der Waals surface area (Å²) in [4.78, 5) is 13.0. The number of hydrogen-bond acceptors (Lipinski definition) is 7. The molecule has 124 valence electrons. The van der Waals surface area contributed by atoms with Crippen molar-refractivity contribution in [3.8, 4) is 23.5 Å². The smallest absolute Gasteiger partial charge is 0.179 e. The van der Waals surface area contributed by atoms with Crippen molar-refractivity contribution in [3.05, 3.63) is 42.2 Å². The molecule has 0 amide bonds. The average molecular weight is 332 g/mol. The quantitative estimate of drug-likeness (QED) is 0.768. The van der Waals surface area contributed by atoms with Crippen molar-refractivity contribution < 1.29 is 4.74 Å². The van der Waals surface area contributed by atoms with E-state index >= 15 is 0 Å².